The first kappa shape index (κ1) is 16.4. The smallest absolute Gasteiger partial charge is 0.257 e. The highest BCUT2D eigenvalue weighted by Gasteiger charge is 2.26. The van der Waals surface area contributed by atoms with Crippen molar-refractivity contribution in [1.82, 2.24) is 14.8 Å². The number of amides is 1. The van der Waals surface area contributed by atoms with Crippen molar-refractivity contribution >= 4 is 5.91 Å². The van der Waals surface area contributed by atoms with Crippen LogP contribution in [0.1, 0.15) is 16.1 Å². The Morgan fingerprint density at radius 2 is 1.75 bits per heavy atom. The maximum atomic E-state index is 13.8. The summed E-state index contributed by atoms with van der Waals surface area (Å²) in [6, 6.07) is 7.43. The SMILES string of the molecule is O=C(c1ccc(F)c(F)c1F)N1CCN(Cc2ccccn2)CC1. The maximum Gasteiger partial charge on any atom is 0.257 e. The molecule has 0 radical (unpaired) electrons. The lowest BCUT2D eigenvalue weighted by Gasteiger charge is -2.34. The number of hydrogen-bond donors (Lipinski definition) is 0. The molecule has 2 aromatic rings. The fourth-order valence-corrected chi connectivity index (χ4v) is 2.69. The standard InChI is InChI=1S/C17H16F3N3O/c18-14-5-4-13(15(19)16(14)20)17(24)23-9-7-22(8-10-23)11-12-3-1-2-6-21-12/h1-6H,7-11H2. The number of piperazine rings is 1. The first-order valence-electron chi connectivity index (χ1n) is 7.61. The zero-order valence-electron chi connectivity index (χ0n) is 12.9. The molecule has 0 saturated carbocycles. The largest absolute Gasteiger partial charge is 0.336 e. The summed E-state index contributed by atoms with van der Waals surface area (Å²) in [6.07, 6.45) is 1.72. The average molecular weight is 335 g/mol. The van der Waals surface area contributed by atoms with Crippen LogP contribution in [-0.2, 0) is 6.54 Å². The molecule has 0 spiro atoms. The summed E-state index contributed by atoms with van der Waals surface area (Å²) in [7, 11) is 0. The second-order valence-electron chi connectivity index (χ2n) is 5.61. The van der Waals surface area contributed by atoms with Gasteiger partial charge < -0.3 is 4.90 Å². The van der Waals surface area contributed by atoms with Crippen molar-refractivity contribution in [3.8, 4) is 0 Å². The number of benzene rings is 1. The number of aromatic nitrogens is 1. The van der Waals surface area contributed by atoms with Crippen molar-refractivity contribution in [2.75, 3.05) is 26.2 Å². The van der Waals surface area contributed by atoms with E-state index in [0.29, 0.717) is 32.7 Å². The zero-order chi connectivity index (χ0) is 17.1. The van der Waals surface area contributed by atoms with Crippen LogP contribution < -0.4 is 0 Å². The van der Waals surface area contributed by atoms with Gasteiger partial charge in [-0.1, -0.05) is 6.07 Å². The molecule has 1 fully saturated rings. The molecule has 1 aliphatic rings. The molecular formula is C17H16F3N3O. The number of halogens is 3. The predicted octanol–water partition coefficient (Wildman–Crippen LogP) is 2.46. The first-order valence-corrected chi connectivity index (χ1v) is 7.61. The van der Waals surface area contributed by atoms with Gasteiger partial charge in [-0.05, 0) is 24.3 Å². The average Bonchev–Trinajstić information content (AvgIpc) is 2.61. The van der Waals surface area contributed by atoms with Crippen LogP contribution in [-0.4, -0.2) is 46.9 Å². The van der Waals surface area contributed by atoms with Gasteiger partial charge in [-0.15, -0.1) is 0 Å². The van der Waals surface area contributed by atoms with E-state index >= 15 is 0 Å². The molecule has 0 N–H and O–H groups in total. The highest BCUT2D eigenvalue weighted by Crippen LogP contribution is 2.18. The van der Waals surface area contributed by atoms with Crippen molar-refractivity contribution in [3.05, 3.63) is 65.2 Å². The van der Waals surface area contributed by atoms with Gasteiger partial charge in [0.25, 0.3) is 5.91 Å². The van der Waals surface area contributed by atoms with Gasteiger partial charge in [0.15, 0.2) is 17.5 Å². The quantitative estimate of drug-likeness (QED) is 0.809. The van der Waals surface area contributed by atoms with Gasteiger partial charge >= 0.3 is 0 Å². The Hall–Kier alpha value is -2.41. The van der Waals surface area contributed by atoms with Crippen LogP contribution >= 0.6 is 0 Å². The third-order valence-electron chi connectivity index (χ3n) is 4.04. The second-order valence-corrected chi connectivity index (χ2v) is 5.61. The number of carbonyl (C=O) groups excluding carboxylic acids is 1. The molecule has 2 heterocycles. The minimum absolute atomic E-state index is 0.393. The Morgan fingerprint density at radius 1 is 1.00 bits per heavy atom. The summed E-state index contributed by atoms with van der Waals surface area (Å²) in [6.45, 7) is 2.66. The summed E-state index contributed by atoms with van der Waals surface area (Å²) < 4.78 is 40.0. The molecule has 3 rings (SSSR count). The molecule has 0 unspecified atom stereocenters. The highest BCUT2D eigenvalue weighted by atomic mass is 19.2. The van der Waals surface area contributed by atoms with E-state index in [1.807, 2.05) is 18.2 Å². The van der Waals surface area contributed by atoms with Crippen LogP contribution in [0.25, 0.3) is 0 Å². The van der Waals surface area contributed by atoms with Crippen molar-refractivity contribution < 1.29 is 18.0 Å². The van der Waals surface area contributed by atoms with Crippen LogP contribution in [0.4, 0.5) is 13.2 Å². The van der Waals surface area contributed by atoms with Gasteiger partial charge in [-0.2, -0.15) is 0 Å². The molecule has 0 atom stereocenters. The molecule has 24 heavy (non-hydrogen) atoms. The topological polar surface area (TPSA) is 36.4 Å². The minimum atomic E-state index is -1.62. The van der Waals surface area contributed by atoms with Crippen molar-refractivity contribution in [3.63, 3.8) is 0 Å². The number of nitrogens with zero attached hydrogens (tertiary/aromatic N) is 3. The highest BCUT2D eigenvalue weighted by molar-refractivity contribution is 5.94. The van der Waals surface area contributed by atoms with Crippen LogP contribution in [0.15, 0.2) is 36.5 Å². The molecule has 0 aliphatic carbocycles. The van der Waals surface area contributed by atoms with Crippen LogP contribution in [0, 0.1) is 17.5 Å². The van der Waals surface area contributed by atoms with Gasteiger partial charge in [0.1, 0.15) is 0 Å². The Labute approximate surface area is 137 Å². The third kappa shape index (κ3) is 3.41. The molecule has 1 aliphatic heterocycles. The van der Waals surface area contributed by atoms with Crippen molar-refractivity contribution in [1.29, 1.82) is 0 Å². The van der Waals surface area contributed by atoms with Crippen LogP contribution in [0.2, 0.25) is 0 Å². The number of pyridine rings is 1. The molecule has 0 bridgehead atoms. The number of rotatable bonds is 3. The summed E-state index contributed by atoms with van der Waals surface area (Å²) in [5.74, 6) is -4.97. The van der Waals surface area contributed by atoms with Crippen LogP contribution in [0.3, 0.4) is 0 Å². The van der Waals surface area contributed by atoms with E-state index < -0.39 is 28.9 Å². The Balaban J connectivity index is 1.62. The van der Waals surface area contributed by atoms with Gasteiger partial charge in [-0.3, -0.25) is 14.7 Å². The van der Waals surface area contributed by atoms with Crippen molar-refractivity contribution in [2.45, 2.75) is 6.54 Å². The fraction of sp³-hybridized carbons (Fsp3) is 0.294. The molecule has 126 valence electrons. The molecule has 7 heteroatoms. The Morgan fingerprint density at radius 3 is 2.42 bits per heavy atom. The normalized spacial score (nSPS) is 15.5. The summed E-state index contributed by atoms with van der Waals surface area (Å²) in [5.41, 5.74) is 0.496. The Bertz CT molecular complexity index is 731. The van der Waals surface area contributed by atoms with E-state index in [-0.39, 0.29) is 0 Å². The zero-order valence-corrected chi connectivity index (χ0v) is 12.9. The monoisotopic (exact) mass is 335 g/mol. The number of hydrogen-bond acceptors (Lipinski definition) is 3. The molecule has 4 nitrogen and oxygen atoms in total. The first-order chi connectivity index (χ1) is 11.6. The predicted molar refractivity (Wildman–Crippen MR) is 81.7 cm³/mol. The third-order valence-corrected chi connectivity index (χ3v) is 4.04. The maximum absolute atomic E-state index is 13.8. The van der Waals surface area contributed by atoms with Gasteiger partial charge in [0, 0.05) is 38.9 Å². The molecule has 1 aromatic heterocycles. The van der Waals surface area contributed by atoms with E-state index in [9.17, 15) is 18.0 Å². The molecule has 1 amide bonds. The van der Waals surface area contributed by atoms with Gasteiger partial charge in [0.2, 0.25) is 0 Å². The lowest BCUT2D eigenvalue weighted by molar-refractivity contribution is 0.0621. The molecule has 1 saturated heterocycles. The summed E-state index contributed by atoms with van der Waals surface area (Å²) in [4.78, 5) is 20.2. The van der Waals surface area contributed by atoms with E-state index in [2.05, 4.69) is 9.88 Å². The number of carbonyl (C=O) groups is 1. The summed E-state index contributed by atoms with van der Waals surface area (Å²) in [5, 5.41) is 0. The van der Waals surface area contributed by atoms with Gasteiger partial charge in [-0.25, -0.2) is 13.2 Å². The van der Waals surface area contributed by atoms with E-state index in [1.165, 1.54) is 4.90 Å². The lowest BCUT2D eigenvalue weighted by Crippen LogP contribution is -2.48. The minimum Gasteiger partial charge on any atom is -0.336 e. The van der Waals surface area contributed by atoms with E-state index in [1.54, 1.807) is 6.20 Å². The van der Waals surface area contributed by atoms with Crippen LogP contribution in [0.5, 0.6) is 0 Å². The fourth-order valence-electron chi connectivity index (χ4n) is 2.69. The second kappa shape index (κ2) is 7.00. The Kier molecular flexibility index (Phi) is 4.80. The van der Waals surface area contributed by atoms with Crippen molar-refractivity contribution in [2.24, 2.45) is 0 Å². The molecule has 1 aromatic carbocycles. The van der Waals surface area contributed by atoms with E-state index in [4.69, 9.17) is 0 Å². The molecular weight excluding hydrogens is 319 g/mol. The lowest BCUT2D eigenvalue weighted by atomic mass is 10.1. The van der Waals surface area contributed by atoms with E-state index in [0.717, 1.165) is 17.8 Å². The summed E-state index contributed by atoms with van der Waals surface area (Å²) >= 11 is 0. The van der Waals surface area contributed by atoms with Gasteiger partial charge in [0.05, 0.1) is 11.3 Å².